The molecule has 2 saturated heterocycles. The fraction of sp³-hybridized carbons (Fsp3) is 0.550. The van der Waals surface area contributed by atoms with Gasteiger partial charge in [-0.25, -0.2) is 4.79 Å². The fourth-order valence-corrected chi connectivity index (χ4v) is 4.13. The smallest absolute Gasteiger partial charge is 0.406 e. The number of hydrogen-bond acceptors (Lipinski definition) is 4. The highest BCUT2D eigenvalue weighted by Crippen LogP contribution is 2.31. The lowest BCUT2D eigenvalue weighted by molar-refractivity contribution is -0.274. The Morgan fingerprint density at radius 2 is 1.73 bits per heavy atom. The number of carbonyl (C=O) groups is 3. The van der Waals surface area contributed by atoms with Gasteiger partial charge in [0, 0.05) is 13.1 Å². The van der Waals surface area contributed by atoms with E-state index >= 15 is 0 Å². The standard InChI is InChI=1S/C20H24F3N3O4/c1-12-8-13(2)10-25(9-12)16(27)11-26-17(28)19(3,24-18(26)29)14-4-6-15(7-5-14)30-20(21,22)23/h4-7,12-13H,8-11H2,1-3H3,(H,24,29). The third-order valence-corrected chi connectivity index (χ3v) is 5.46. The number of hydrogen-bond donors (Lipinski definition) is 1. The second kappa shape index (κ2) is 7.81. The topological polar surface area (TPSA) is 79.0 Å². The number of ether oxygens (including phenoxy) is 1. The van der Waals surface area contributed by atoms with Gasteiger partial charge in [-0.1, -0.05) is 26.0 Å². The van der Waals surface area contributed by atoms with Crippen LogP contribution in [0, 0.1) is 11.8 Å². The third kappa shape index (κ3) is 4.52. The first kappa shape index (κ1) is 21.9. The maximum Gasteiger partial charge on any atom is 0.573 e. The number of nitrogens with one attached hydrogen (secondary N) is 1. The lowest BCUT2D eigenvalue weighted by Gasteiger charge is -2.35. The number of likely N-dealkylation sites (tertiary alicyclic amines) is 1. The summed E-state index contributed by atoms with van der Waals surface area (Å²) in [7, 11) is 0. The number of rotatable bonds is 4. The van der Waals surface area contributed by atoms with E-state index in [2.05, 4.69) is 10.1 Å². The average Bonchev–Trinajstić information content (AvgIpc) is 2.84. The Bertz CT molecular complexity index is 833. The molecule has 30 heavy (non-hydrogen) atoms. The number of imide groups is 1. The van der Waals surface area contributed by atoms with E-state index in [1.807, 2.05) is 13.8 Å². The quantitative estimate of drug-likeness (QED) is 0.750. The van der Waals surface area contributed by atoms with Crippen LogP contribution in [0.3, 0.4) is 0 Å². The highest BCUT2D eigenvalue weighted by Gasteiger charge is 2.50. The summed E-state index contributed by atoms with van der Waals surface area (Å²) in [6.45, 7) is 6.31. The van der Waals surface area contributed by atoms with Gasteiger partial charge in [0.2, 0.25) is 5.91 Å². The van der Waals surface area contributed by atoms with E-state index in [1.165, 1.54) is 19.1 Å². The van der Waals surface area contributed by atoms with Crippen molar-refractivity contribution in [2.24, 2.45) is 11.8 Å². The second-order valence-corrected chi connectivity index (χ2v) is 8.26. The predicted molar refractivity (Wildman–Crippen MR) is 100 cm³/mol. The number of amides is 4. The minimum Gasteiger partial charge on any atom is -0.406 e. The Kier molecular flexibility index (Phi) is 5.70. The number of nitrogens with zero attached hydrogens (tertiary/aromatic N) is 2. The summed E-state index contributed by atoms with van der Waals surface area (Å²) in [5.74, 6) is -0.711. The third-order valence-electron chi connectivity index (χ3n) is 5.46. The molecule has 0 saturated carbocycles. The van der Waals surface area contributed by atoms with Gasteiger partial charge in [0.25, 0.3) is 5.91 Å². The number of halogens is 3. The largest absolute Gasteiger partial charge is 0.573 e. The van der Waals surface area contributed by atoms with Gasteiger partial charge in [-0.3, -0.25) is 14.5 Å². The monoisotopic (exact) mass is 427 g/mol. The van der Waals surface area contributed by atoms with Crippen molar-refractivity contribution in [2.75, 3.05) is 19.6 Å². The normalized spacial score (nSPS) is 27.3. The van der Waals surface area contributed by atoms with E-state index < -0.39 is 29.6 Å². The van der Waals surface area contributed by atoms with Crippen molar-refractivity contribution in [3.05, 3.63) is 29.8 Å². The summed E-state index contributed by atoms with van der Waals surface area (Å²) >= 11 is 0. The van der Waals surface area contributed by atoms with E-state index in [1.54, 1.807) is 4.90 Å². The number of alkyl halides is 3. The van der Waals surface area contributed by atoms with Crippen molar-refractivity contribution >= 4 is 17.8 Å². The summed E-state index contributed by atoms with van der Waals surface area (Å²) in [4.78, 5) is 40.6. The predicted octanol–water partition coefficient (Wildman–Crippen LogP) is 2.86. The highest BCUT2D eigenvalue weighted by molar-refractivity contribution is 6.09. The number of urea groups is 1. The lowest BCUT2D eigenvalue weighted by Crippen LogP contribution is -2.48. The van der Waals surface area contributed by atoms with Crippen molar-refractivity contribution in [1.82, 2.24) is 15.1 Å². The maximum atomic E-state index is 13.0. The van der Waals surface area contributed by atoms with Gasteiger partial charge in [0.1, 0.15) is 17.8 Å². The zero-order chi connectivity index (χ0) is 22.3. The van der Waals surface area contributed by atoms with Crippen molar-refractivity contribution in [2.45, 2.75) is 39.1 Å². The minimum atomic E-state index is -4.83. The first-order valence-corrected chi connectivity index (χ1v) is 9.67. The lowest BCUT2D eigenvalue weighted by atomic mass is 9.91. The fourth-order valence-electron chi connectivity index (χ4n) is 4.13. The van der Waals surface area contributed by atoms with Crippen molar-refractivity contribution in [1.29, 1.82) is 0 Å². The maximum absolute atomic E-state index is 13.0. The molecule has 7 nitrogen and oxygen atoms in total. The molecule has 0 spiro atoms. The van der Waals surface area contributed by atoms with Gasteiger partial charge in [0.15, 0.2) is 0 Å². The number of carbonyl (C=O) groups excluding carboxylic acids is 3. The van der Waals surface area contributed by atoms with Crippen LogP contribution in [-0.2, 0) is 15.1 Å². The van der Waals surface area contributed by atoms with E-state index in [9.17, 15) is 27.6 Å². The molecular formula is C20H24F3N3O4. The van der Waals surface area contributed by atoms with Crippen LogP contribution in [0.4, 0.5) is 18.0 Å². The van der Waals surface area contributed by atoms with Gasteiger partial charge in [-0.05, 0) is 42.9 Å². The van der Waals surface area contributed by atoms with Gasteiger partial charge in [0.05, 0.1) is 0 Å². The molecule has 1 aromatic carbocycles. The summed E-state index contributed by atoms with van der Waals surface area (Å²) in [6.07, 6.45) is -3.82. The number of piperidine rings is 1. The molecule has 0 aliphatic carbocycles. The van der Waals surface area contributed by atoms with Crippen LogP contribution >= 0.6 is 0 Å². The van der Waals surface area contributed by atoms with E-state index in [0.29, 0.717) is 24.9 Å². The van der Waals surface area contributed by atoms with Gasteiger partial charge in [-0.15, -0.1) is 13.2 Å². The average molecular weight is 427 g/mol. The molecule has 2 heterocycles. The molecule has 2 fully saturated rings. The molecule has 0 radical (unpaired) electrons. The first-order chi connectivity index (χ1) is 13.9. The van der Waals surface area contributed by atoms with Crippen LogP contribution in [0.2, 0.25) is 0 Å². The molecule has 10 heteroatoms. The molecule has 1 aromatic rings. The molecule has 0 aromatic heterocycles. The summed E-state index contributed by atoms with van der Waals surface area (Å²) in [5, 5.41) is 2.54. The molecule has 3 unspecified atom stereocenters. The zero-order valence-electron chi connectivity index (χ0n) is 17.0. The summed E-state index contributed by atoms with van der Waals surface area (Å²) in [5.41, 5.74) is -1.21. The molecule has 4 amide bonds. The molecule has 164 valence electrons. The Balaban J connectivity index is 1.72. The van der Waals surface area contributed by atoms with E-state index in [-0.39, 0.29) is 18.0 Å². The molecule has 0 bridgehead atoms. The van der Waals surface area contributed by atoms with Gasteiger partial charge >= 0.3 is 12.4 Å². The molecule has 3 rings (SSSR count). The SMILES string of the molecule is CC1CC(C)CN(C(=O)CN2C(=O)NC(C)(c3ccc(OC(F)(F)F)cc3)C2=O)C1. The molecule has 2 aliphatic heterocycles. The van der Waals surface area contributed by atoms with Crippen LogP contribution in [0.25, 0.3) is 0 Å². The van der Waals surface area contributed by atoms with E-state index in [4.69, 9.17) is 0 Å². The van der Waals surface area contributed by atoms with Gasteiger partial charge < -0.3 is 15.0 Å². The van der Waals surface area contributed by atoms with Gasteiger partial charge in [-0.2, -0.15) is 0 Å². The van der Waals surface area contributed by atoms with Crippen LogP contribution in [0.1, 0.15) is 32.8 Å². The molecular weight excluding hydrogens is 403 g/mol. The second-order valence-electron chi connectivity index (χ2n) is 8.26. The Morgan fingerprint density at radius 3 is 2.27 bits per heavy atom. The Morgan fingerprint density at radius 1 is 1.17 bits per heavy atom. The zero-order valence-corrected chi connectivity index (χ0v) is 17.0. The number of benzene rings is 1. The first-order valence-electron chi connectivity index (χ1n) is 9.67. The Hall–Kier alpha value is -2.78. The van der Waals surface area contributed by atoms with Crippen molar-refractivity contribution in [3.63, 3.8) is 0 Å². The van der Waals surface area contributed by atoms with Crippen LogP contribution < -0.4 is 10.1 Å². The molecule has 1 N–H and O–H groups in total. The summed E-state index contributed by atoms with van der Waals surface area (Å²) < 4.78 is 40.8. The molecule has 3 atom stereocenters. The molecule has 2 aliphatic rings. The van der Waals surface area contributed by atoms with Crippen molar-refractivity contribution in [3.8, 4) is 5.75 Å². The highest BCUT2D eigenvalue weighted by atomic mass is 19.4. The van der Waals surface area contributed by atoms with Crippen LogP contribution in [0.5, 0.6) is 5.75 Å². The minimum absolute atomic E-state index is 0.283. The van der Waals surface area contributed by atoms with E-state index in [0.717, 1.165) is 23.5 Å². The van der Waals surface area contributed by atoms with Crippen LogP contribution in [-0.4, -0.2) is 53.6 Å². The Labute approximate surface area is 172 Å². The summed E-state index contributed by atoms with van der Waals surface area (Å²) in [6, 6.07) is 3.97. The van der Waals surface area contributed by atoms with Crippen LogP contribution in [0.15, 0.2) is 24.3 Å². The van der Waals surface area contributed by atoms with Crippen molar-refractivity contribution < 1.29 is 32.3 Å².